The predicted molar refractivity (Wildman–Crippen MR) is 92.6 cm³/mol. The number of rotatable bonds is 7. The highest BCUT2D eigenvalue weighted by atomic mass is 16.5. The quantitative estimate of drug-likeness (QED) is 0.387. The SMILES string of the molecule is CC(C)CC(NC(N)=O)C(=O)OCC(=O)c1c(N)n(C)c(=O)n(C)c1=O. The average Bonchev–Trinajstić information content (AvgIpc) is 2.54. The van der Waals surface area contributed by atoms with Crippen molar-refractivity contribution in [2.75, 3.05) is 12.3 Å². The Balaban J connectivity index is 2.99. The van der Waals surface area contributed by atoms with E-state index in [1.807, 2.05) is 13.8 Å². The first kappa shape index (κ1) is 20.9. The number of hydrogen-bond donors (Lipinski definition) is 3. The summed E-state index contributed by atoms with van der Waals surface area (Å²) in [6.07, 6.45) is 0.250. The van der Waals surface area contributed by atoms with Gasteiger partial charge in [0.2, 0.25) is 5.78 Å². The van der Waals surface area contributed by atoms with Gasteiger partial charge in [0.1, 0.15) is 17.4 Å². The molecule has 26 heavy (non-hydrogen) atoms. The fourth-order valence-corrected chi connectivity index (χ4v) is 2.29. The molecule has 0 aromatic carbocycles. The van der Waals surface area contributed by atoms with Crippen LogP contribution in [0.15, 0.2) is 9.59 Å². The minimum atomic E-state index is -1.03. The average molecular weight is 369 g/mol. The van der Waals surface area contributed by atoms with E-state index >= 15 is 0 Å². The zero-order valence-corrected chi connectivity index (χ0v) is 15.1. The van der Waals surface area contributed by atoms with Gasteiger partial charge in [0.25, 0.3) is 5.56 Å². The summed E-state index contributed by atoms with van der Waals surface area (Å²) >= 11 is 0. The molecule has 0 aliphatic rings. The Hall–Kier alpha value is -3.11. The lowest BCUT2D eigenvalue weighted by Crippen LogP contribution is -2.46. The number of nitrogen functional groups attached to an aromatic ring is 1. The second-order valence-electron chi connectivity index (χ2n) is 6.19. The molecule has 0 aliphatic carbocycles. The number of carbonyl (C=O) groups is 3. The highest BCUT2D eigenvalue weighted by Crippen LogP contribution is 2.08. The van der Waals surface area contributed by atoms with E-state index in [1.54, 1.807) is 0 Å². The maximum atomic E-state index is 12.3. The number of Topliss-reactive ketones (excluding diaryl/α,β-unsaturated/α-hetero) is 1. The van der Waals surface area contributed by atoms with Crippen LogP contribution in [0.4, 0.5) is 10.6 Å². The first-order chi connectivity index (χ1) is 12.0. The number of anilines is 1. The summed E-state index contributed by atoms with van der Waals surface area (Å²) in [4.78, 5) is 59.2. The van der Waals surface area contributed by atoms with Crippen LogP contribution in [0.2, 0.25) is 0 Å². The molecule has 0 spiro atoms. The normalized spacial score (nSPS) is 11.9. The van der Waals surface area contributed by atoms with Crippen molar-refractivity contribution in [1.29, 1.82) is 0 Å². The minimum Gasteiger partial charge on any atom is -0.456 e. The van der Waals surface area contributed by atoms with Crippen molar-refractivity contribution in [3.05, 3.63) is 26.4 Å². The van der Waals surface area contributed by atoms with Gasteiger partial charge in [0, 0.05) is 14.1 Å². The van der Waals surface area contributed by atoms with Gasteiger partial charge in [-0.15, -0.1) is 0 Å². The van der Waals surface area contributed by atoms with Gasteiger partial charge in [-0.25, -0.2) is 14.4 Å². The Morgan fingerprint density at radius 2 is 1.73 bits per heavy atom. The molecule has 0 saturated heterocycles. The van der Waals surface area contributed by atoms with Crippen LogP contribution in [0.25, 0.3) is 0 Å². The third-order valence-electron chi connectivity index (χ3n) is 3.64. The molecule has 1 rings (SSSR count). The van der Waals surface area contributed by atoms with Gasteiger partial charge in [-0.2, -0.15) is 0 Å². The van der Waals surface area contributed by atoms with Crippen LogP contribution in [0, 0.1) is 5.92 Å². The van der Waals surface area contributed by atoms with Crippen LogP contribution >= 0.6 is 0 Å². The van der Waals surface area contributed by atoms with Crippen LogP contribution < -0.4 is 28.0 Å². The van der Waals surface area contributed by atoms with Gasteiger partial charge < -0.3 is 21.5 Å². The molecule has 1 atom stereocenters. The van der Waals surface area contributed by atoms with Gasteiger partial charge in [-0.3, -0.25) is 18.7 Å². The van der Waals surface area contributed by atoms with Gasteiger partial charge in [0.15, 0.2) is 6.61 Å². The smallest absolute Gasteiger partial charge is 0.332 e. The Labute approximate surface area is 148 Å². The van der Waals surface area contributed by atoms with Gasteiger partial charge in [-0.05, 0) is 12.3 Å². The fourth-order valence-electron chi connectivity index (χ4n) is 2.29. The van der Waals surface area contributed by atoms with Crippen LogP contribution in [-0.2, 0) is 23.6 Å². The minimum absolute atomic E-state index is 0.0432. The number of nitrogens with two attached hydrogens (primary N) is 2. The summed E-state index contributed by atoms with van der Waals surface area (Å²) in [5, 5.41) is 2.24. The van der Waals surface area contributed by atoms with Crippen molar-refractivity contribution in [2.45, 2.75) is 26.3 Å². The van der Waals surface area contributed by atoms with E-state index in [0.29, 0.717) is 0 Å². The molecule has 0 aliphatic heterocycles. The van der Waals surface area contributed by atoms with E-state index in [9.17, 15) is 24.0 Å². The number of ketones is 1. The van der Waals surface area contributed by atoms with E-state index in [0.717, 1.165) is 9.13 Å². The van der Waals surface area contributed by atoms with Crippen LogP contribution in [0.5, 0.6) is 0 Å². The molecule has 1 aromatic rings. The summed E-state index contributed by atoms with van der Waals surface area (Å²) in [6.45, 7) is 2.87. The lowest BCUT2D eigenvalue weighted by atomic mass is 10.0. The molecule has 0 saturated carbocycles. The molecule has 0 bridgehead atoms. The monoisotopic (exact) mass is 369 g/mol. The number of esters is 1. The van der Waals surface area contributed by atoms with Crippen molar-refractivity contribution in [3.63, 3.8) is 0 Å². The number of amides is 2. The molecule has 1 unspecified atom stereocenters. The molecule has 0 radical (unpaired) electrons. The van der Waals surface area contributed by atoms with Crippen LogP contribution in [-0.4, -0.2) is 39.6 Å². The summed E-state index contributed by atoms with van der Waals surface area (Å²) in [5.41, 5.74) is 8.66. The molecule has 5 N–H and O–H groups in total. The number of ether oxygens (including phenoxy) is 1. The van der Waals surface area contributed by atoms with Gasteiger partial charge in [0.05, 0.1) is 0 Å². The number of carbonyl (C=O) groups excluding carboxylic acids is 3. The number of nitrogens with zero attached hydrogens (tertiary/aromatic N) is 2. The molecule has 1 aromatic heterocycles. The molecule has 11 nitrogen and oxygen atoms in total. The summed E-state index contributed by atoms with van der Waals surface area (Å²) in [7, 11) is 2.50. The number of hydrogen-bond acceptors (Lipinski definition) is 7. The number of urea groups is 1. The van der Waals surface area contributed by atoms with Crippen molar-refractivity contribution >= 4 is 23.6 Å². The van der Waals surface area contributed by atoms with Crippen LogP contribution in [0.3, 0.4) is 0 Å². The van der Waals surface area contributed by atoms with E-state index < -0.39 is 47.2 Å². The predicted octanol–water partition coefficient (Wildman–Crippen LogP) is -1.52. The van der Waals surface area contributed by atoms with Crippen molar-refractivity contribution in [1.82, 2.24) is 14.5 Å². The zero-order valence-electron chi connectivity index (χ0n) is 15.1. The summed E-state index contributed by atoms with van der Waals surface area (Å²) in [5.74, 6) is -2.02. The van der Waals surface area contributed by atoms with E-state index in [2.05, 4.69) is 5.32 Å². The van der Waals surface area contributed by atoms with Gasteiger partial charge in [-0.1, -0.05) is 13.8 Å². The number of primary amides is 1. The number of nitrogens with one attached hydrogen (secondary N) is 1. The van der Waals surface area contributed by atoms with E-state index in [-0.39, 0.29) is 18.2 Å². The topological polar surface area (TPSA) is 169 Å². The van der Waals surface area contributed by atoms with Gasteiger partial charge >= 0.3 is 17.7 Å². The highest BCUT2D eigenvalue weighted by Gasteiger charge is 2.25. The molecular weight excluding hydrogens is 346 g/mol. The molecule has 0 fully saturated rings. The standard InChI is InChI=1S/C15H23N5O6/c1-7(2)5-8(18-14(17)24)13(23)26-6-9(21)10-11(16)19(3)15(25)20(4)12(10)22/h7-8H,5-6,16H2,1-4H3,(H3,17,18,24). The Bertz CT molecular complexity index is 838. The van der Waals surface area contributed by atoms with Crippen molar-refractivity contribution in [2.24, 2.45) is 25.7 Å². The molecule has 144 valence electrons. The first-order valence-corrected chi connectivity index (χ1v) is 7.78. The lowest BCUT2D eigenvalue weighted by Gasteiger charge is -2.18. The molecular formula is C15H23N5O6. The summed E-state index contributed by atoms with van der Waals surface area (Å²) in [6, 6.07) is -1.93. The molecule has 1 heterocycles. The molecule has 2 amide bonds. The zero-order chi connectivity index (χ0) is 20.2. The maximum Gasteiger partial charge on any atom is 0.332 e. The Kier molecular flexibility index (Phi) is 6.70. The van der Waals surface area contributed by atoms with Crippen LogP contribution in [0.1, 0.15) is 30.6 Å². The van der Waals surface area contributed by atoms with E-state index in [1.165, 1.54) is 14.1 Å². The third kappa shape index (κ3) is 4.71. The van der Waals surface area contributed by atoms with E-state index in [4.69, 9.17) is 16.2 Å². The molecule has 11 heteroatoms. The first-order valence-electron chi connectivity index (χ1n) is 7.78. The highest BCUT2D eigenvalue weighted by molar-refractivity contribution is 6.01. The second kappa shape index (κ2) is 8.32. The largest absolute Gasteiger partial charge is 0.456 e. The Morgan fingerprint density at radius 3 is 2.23 bits per heavy atom. The second-order valence-corrected chi connectivity index (χ2v) is 6.19. The number of aromatic nitrogens is 2. The third-order valence-corrected chi connectivity index (χ3v) is 3.64. The maximum absolute atomic E-state index is 12.3. The lowest BCUT2D eigenvalue weighted by molar-refractivity contribution is -0.145. The fraction of sp³-hybridized carbons (Fsp3) is 0.533. The summed E-state index contributed by atoms with van der Waals surface area (Å²) < 4.78 is 6.55. The Morgan fingerprint density at radius 1 is 1.15 bits per heavy atom. The van der Waals surface area contributed by atoms with Crippen molar-refractivity contribution in [3.8, 4) is 0 Å². The van der Waals surface area contributed by atoms with Crippen molar-refractivity contribution < 1.29 is 19.1 Å².